The van der Waals surface area contributed by atoms with E-state index < -0.39 is 4.92 Å². The number of ketones is 1. The summed E-state index contributed by atoms with van der Waals surface area (Å²) >= 11 is 0. The fourth-order valence-electron chi connectivity index (χ4n) is 2.38. The standard InChI is InChI=1S/C15H10N2O4/c18-14-9-15(19)16(13-7-2-1-6-12(13)14)10-4-3-5-11(8-10)17(20)21/h1-8H,9H2. The third kappa shape index (κ3) is 2.16. The van der Waals surface area contributed by atoms with Gasteiger partial charge in [0.15, 0.2) is 5.78 Å². The molecular weight excluding hydrogens is 272 g/mol. The first-order chi connectivity index (χ1) is 10.1. The van der Waals surface area contributed by atoms with Crippen molar-refractivity contribution < 1.29 is 14.5 Å². The van der Waals surface area contributed by atoms with E-state index >= 15 is 0 Å². The average Bonchev–Trinajstić information content (AvgIpc) is 2.47. The van der Waals surface area contributed by atoms with Crippen LogP contribution in [0.2, 0.25) is 0 Å². The summed E-state index contributed by atoms with van der Waals surface area (Å²) in [5.41, 5.74) is 1.19. The van der Waals surface area contributed by atoms with E-state index in [2.05, 4.69) is 0 Å². The number of nitro groups is 1. The van der Waals surface area contributed by atoms with Crippen molar-refractivity contribution in [3.05, 3.63) is 64.2 Å². The van der Waals surface area contributed by atoms with Crippen LogP contribution in [0.5, 0.6) is 0 Å². The molecule has 0 bridgehead atoms. The van der Waals surface area contributed by atoms with Gasteiger partial charge >= 0.3 is 0 Å². The zero-order valence-corrected chi connectivity index (χ0v) is 10.9. The summed E-state index contributed by atoms with van der Waals surface area (Å²) < 4.78 is 0. The highest BCUT2D eigenvalue weighted by Gasteiger charge is 2.31. The molecule has 6 nitrogen and oxygen atoms in total. The molecule has 0 unspecified atom stereocenters. The highest BCUT2D eigenvalue weighted by atomic mass is 16.6. The van der Waals surface area contributed by atoms with Gasteiger partial charge in [-0.3, -0.25) is 24.6 Å². The molecule has 1 aliphatic heterocycles. The van der Waals surface area contributed by atoms with Gasteiger partial charge in [-0.05, 0) is 18.2 Å². The van der Waals surface area contributed by atoms with Crippen molar-refractivity contribution in [1.29, 1.82) is 0 Å². The number of nitro benzene ring substituents is 1. The molecule has 0 saturated heterocycles. The van der Waals surface area contributed by atoms with Crippen LogP contribution >= 0.6 is 0 Å². The summed E-state index contributed by atoms with van der Waals surface area (Å²) in [7, 11) is 0. The number of benzene rings is 2. The minimum absolute atomic E-state index is 0.102. The SMILES string of the molecule is O=C1CC(=O)N(c2cccc([N+](=O)[O-])c2)c2ccccc21. The summed E-state index contributed by atoms with van der Waals surface area (Å²) in [6.45, 7) is 0. The number of para-hydroxylation sites is 1. The summed E-state index contributed by atoms with van der Waals surface area (Å²) in [6, 6.07) is 12.5. The van der Waals surface area contributed by atoms with E-state index in [0.29, 0.717) is 16.9 Å². The molecule has 2 aromatic carbocycles. The lowest BCUT2D eigenvalue weighted by atomic mass is 9.99. The zero-order valence-electron chi connectivity index (χ0n) is 10.9. The molecule has 6 heteroatoms. The van der Waals surface area contributed by atoms with Crippen molar-refractivity contribution >= 4 is 28.8 Å². The molecule has 0 radical (unpaired) electrons. The quantitative estimate of drug-likeness (QED) is 0.482. The predicted octanol–water partition coefficient (Wildman–Crippen LogP) is 2.85. The van der Waals surface area contributed by atoms with Crippen LogP contribution in [0.15, 0.2) is 48.5 Å². The first-order valence-corrected chi connectivity index (χ1v) is 6.27. The van der Waals surface area contributed by atoms with Crippen LogP contribution in [0, 0.1) is 10.1 Å². The van der Waals surface area contributed by atoms with E-state index in [1.165, 1.54) is 23.1 Å². The van der Waals surface area contributed by atoms with Gasteiger partial charge in [-0.2, -0.15) is 0 Å². The van der Waals surface area contributed by atoms with Crippen LogP contribution in [0.25, 0.3) is 0 Å². The molecule has 0 fully saturated rings. The fourth-order valence-corrected chi connectivity index (χ4v) is 2.38. The van der Waals surface area contributed by atoms with Gasteiger partial charge in [-0.25, -0.2) is 0 Å². The maximum atomic E-state index is 12.2. The Hall–Kier alpha value is -3.02. The molecule has 1 aliphatic rings. The van der Waals surface area contributed by atoms with Crippen LogP contribution < -0.4 is 4.90 Å². The van der Waals surface area contributed by atoms with Crippen LogP contribution in [0.4, 0.5) is 17.1 Å². The summed E-state index contributed by atoms with van der Waals surface area (Å²) in [5.74, 6) is -0.628. The third-order valence-corrected chi connectivity index (χ3v) is 3.31. The Labute approximate surface area is 119 Å². The van der Waals surface area contributed by atoms with E-state index in [-0.39, 0.29) is 23.8 Å². The molecule has 1 amide bonds. The number of carbonyl (C=O) groups excluding carboxylic acids is 2. The van der Waals surface area contributed by atoms with E-state index in [9.17, 15) is 19.7 Å². The molecule has 21 heavy (non-hydrogen) atoms. The molecule has 3 rings (SSSR count). The summed E-state index contributed by atoms with van der Waals surface area (Å²) in [5, 5.41) is 10.9. The number of Topliss-reactive ketones (excluding diaryl/α,β-unsaturated/α-hetero) is 1. The van der Waals surface area contributed by atoms with Gasteiger partial charge < -0.3 is 0 Å². The highest BCUT2D eigenvalue weighted by Crippen LogP contribution is 2.35. The van der Waals surface area contributed by atoms with Gasteiger partial charge in [-0.1, -0.05) is 18.2 Å². The smallest absolute Gasteiger partial charge is 0.271 e. The number of anilines is 2. The monoisotopic (exact) mass is 282 g/mol. The minimum Gasteiger partial charge on any atom is -0.294 e. The maximum absolute atomic E-state index is 12.2. The lowest BCUT2D eigenvalue weighted by Crippen LogP contribution is -2.33. The van der Waals surface area contributed by atoms with Crippen molar-refractivity contribution in [3.63, 3.8) is 0 Å². The number of carbonyl (C=O) groups is 2. The second kappa shape index (κ2) is 4.82. The Kier molecular flexibility index (Phi) is 2.98. The fraction of sp³-hybridized carbons (Fsp3) is 0.0667. The van der Waals surface area contributed by atoms with Gasteiger partial charge in [-0.15, -0.1) is 0 Å². The predicted molar refractivity (Wildman–Crippen MR) is 75.6 cm³/mol. The number of nitrogens with zero attached hydrogens (tertiary/aromatic N) is 2. The van der Waals surface area contributed by atoms with Crippen LogP contribution in [-0.2, 0) is 4.79 Å². The van der Waals surface area contributed by atoms with Crippen molar-refractivity contribution in [2.45, 2.75) is 6.42 Å². The van der Waals surface area contributed by atoms with E-state index in [1.807, 2.05) is 0 Å². The minimum atomic E-state index is -0.519. The van der Waals surface area contributed by atoms with Gasteiger partial charge in [0.05, 0.1) is 22.7 Å². The zero-order chi connectivity index (χ0) is 15.0. The first-order valence-electron chi connectivity index (χ1n) is 6.27. The topological polar surface area (TPSA) is 80.5 Å². The maximum Gasteiger partial charge on any atom is 0.271 e. The molecule has 0 aliphatic carbocycles. The van der Waals surface area contributed by atoms with Crippen molar-refractivity contribution in [2.75, 3.05) is 4.90 Å². The largest absolute Gasteiger partial charge is 0.294 e. The van der Waals surface area contributed by atoms with Gasteiger partial charge in [0.25, 0.3) is 5.69 Å². The van der Waals surface area contributed by atoms with Crippen molar-refractivity contribution in [3.8, 4) is 0 Å². The van der Waals surface area contributed by atoms with E-state index in [4.69, 9.17) is 0 Å². The average molecular weight is 282 g/mol. The Morgan fingerprint density at radius 3 is 2.57 bits per heavy atom. The van der Waals surface area contributed by atoms with Gasteiger partial charge in [0.1, 0.15) is 0 Å². The van der Waals surface area contributed by atoms with Crippen LogP contribution in [0.1, 0.15) is 16.8 Å². The second-order valence-electron chi connectivity index (χ2n) is 4.62. The van der Waals surface area contributed by atoms with Crippen molar-refractivity contribution in [1.82, 2.24) is 0 Å². The molecule has 0 aromatic heterocycles. The highest BCUT2D eigenvalue weighted by molar-refractivity contribution is 6.22. The summed E-state index contributed by atoms with van der Waals surface area (Å²) in [4.78, 5) is 35.8. The lowest BCUT2D eigenvalue weighted by Gasteiger charge is -2.28. The third-order valence-electron chi connectivity index (χ3n) is 3.31. The molecule has 0 N–H and O–H groups in total. The number of hydrogen-bond donors (Lipinski definition) is 0. The Balaban J connectivity index is 2.16. The Morgan fingerprint density at radius 1 is 1.05 bits per heavy atom. The first kappa shape index (κ1) is 13.0. The second-order valence-corrected chi connectivity index (χ2v) is 4.62. The Bertz CT molecular complexity index is 770. The van der Waals surface area contributed by atoms with E-state index in [0.717, 1.165) is 0 Å². The molecule has 1 heterocycles. The van der Waals surface area contributed by atoms with Crippen molar-refractivity contribution in [2.24, 2.45) is 0 Å². The molecule has 2 aromatic rings. The number of rotatable bonds is 2. The number of hydrogen-bond acceptors (Lipinski definition) is 4. The molecule has 0 spiro atoms. The van der Waals surface area contributed by atoms with Gasteiger partial charge in [0.2, 0.25) is 5.91 Å². The normalized spacial score (nSPS) is 14.0. The van der Waals surface area contributed by atoms with E-state index in [1.54, 1.807) is 30.3 Å². The molecule has 0 atom stereocenters. The lowest BCUT2D eigenvalue weighted by molar-refractivity contribution is -0.384. The van der Waals surface area contributed by atoms with Crippen LogP contribution in [-0.4, -0.2) is 16.6 Å². The summed E-state index contributed by atoms with van der Waals surface area (Å²) in [6.07, 6.45) is -0.236. The number of non-ortho nitro benzene ring substituents is 1. The molecule has 0 saturated carbocycles. The number of fused-ring (bicyclic) bond motifs is 1. The van der Waals surface area contributed by atoms with Crippen LogP contribution in [0.3, 0.4) is 0 Å². The molecule has 104 valence electrons. The molecular formula is C15H10N2O4. The number of amides is 1. The Morgan fingerprint density at radius 2 is 1.81 bits per heavy atom. The van der Waals surface area contributed by atoms with Gasteiger partial charge in [0, 0.05) is 17.7 Å².